The highest BCUT2D eigenvalue weighted by molar-refractivity contribution is 5.79. The number of aliphatic carboxylic acids is 1. The maximum atomic E-state index is 11.1. The number of carbonyl (C=O) groups is 1. The molecule has 0 bridgehead atoms. The first kappa shape index (κ1) is 14.0. The number of rotatable bonds is 4. The van der Waals surface area contributed by atoms with Crippen LogP contribution in [0.25, 0.3) is 0 Å². The highest BCUT2D eigenvalue weighted by Gasteiger charge is 2.42. The van der Waals surface area contributed by atoms with Crippen LogP contribution >= 0.6 is 0 Å². The molecular weight excluding hydrogens is 244 g/mol. The molecule has 1 aromatic carbocycles. The molecule has 0 spiro atoms. The van der Waals surface area contributed by atoms with Gasteiger partial charge in [-0.3, -0.25) is 9.69 Å². The Kier molecular flexibility index (Phi) is 3.62. The van der Waals surface area contributed by atoms with Gasteiger partial charge in [-0.2, -0.15) is 0 Å². The standard InChI is InChI=1S/C14H20N2O3/c1-13(19,11-5-3-2-4-6-11)9-16-8-7-14(15,10-16)12(17)18/h2-6,19H,7-10,15H2,1H3,(H,17,18). The second-order valence-electron chi connectivity index (χ2n) is 5.56. The predicted octanol–water partition coefficient (Wildman–Crippen LogP) is 0.382. The van der Waals surface area contributed by atoms with Crippen LogP contribution in [0.1, 0.15) is 18.9 Å². The van der Waals surface area contributed by atoms with Crippen LogP contribution in [0.15, 0.2) is 30.3 Å². The Bertz CT molecular complexity index is 461. The highest BCUT2D eigenvalue weighted by Crippen LogP contribution is 2.26. The van der Waals surface area contributed by atoms with E-state index in [2.05, 4.69) is 0 Å². The van der Waals surface area contributed by atoms with Crippen LogP contribution < -0.4 is 5.73 Å². The molecule has 5 nitrogen and oxygen atoms in total. The van der Waals surface area contributed by atoms with Gasteiger partial charge in [0, 0.05) is 19.6 Å². The minimum atomic E-state index is -1.19. The van der Waals surface area contributed by atoms with E-state index in [0.717, 1.165) is 5.56 Å². The van der Waals surface area contributed by atoms with Crippen LogP contribution in [0.2, 0.25) is 0 Å². The summed E-state index contributed by atoms with van der Waals surface area (Å²) in [5.41, 5.74) is 4.45. The molecule has 1 aliphatic rings. The summed E-state index contributed by atoms with van der Waals surface area (Å²) in [6.07, 6.45) is 0.410. The van der Waals surface area contributed by atoms with Gasteiger partial charge in [0.15, 0.2) is 0 Å². The summed E-state index contributed by atoms with van der Waals surface area (Å²) in [6, 6.07) is 9.37. The lowest BCUT2D eigenvalue weighted by Crippen LogP contribution is -2.51. The van der Waals surface area contributed by atoms with Crippen molar-refractivity contribution in [3.05, 3.63) is 35.9 Å². The van der Waals surface area contributed by atoms with Gasteiger partial charge in [0.25, 0.3) is 0 Å². The number of hydrogen-bond acceptors (Lipinski definition) is 4. The van der Waals surface area contributed by atoms with E-state index in [1.807, 2.05) is 35.2 Å². The van der Waals surface area contributed by atoms with Crippen molar-refractivity contribution in [2.75, 3.05) is 19.6 Å². The van der Waals surface area contributed by atoms with Crippen LogP contribution in [0, 0.1) is 0 Å². The maximum Gasteiger partial charge on any atom is 0.325 e. The molecule has 0 saturated carbocycles. The van der Waals surface area contributed by atoms with E-state index < -0.39 is 17.1 Å². The molecule has 1 heterocycles. The second kappa shape index (κ2) is 4.92. The van der Waals surface area contributed by atoms with Crippen molar-refractivity contribution in [1.29, 1.82) is 0 Å². The molecule has 2 atom stereocenters. The number of likely N-dealkylation sites (tertiary alicyclic amines) is 1. The zero-order valence-corrected chi connectivity index (χ0v) is 11.0. The van der Waals surface area contributed by atoms with Gasteiger partial charge in [-0.15, -0.1) is 0 Å². The normalized spacial score (nSPS) is 27.1. The van der Waals surface area contributed by atoms with Crippen molar-refractivity contribution >= 4 is 5.97 Å². The second-order valence-corrected chi connectivity index (χ2v) is 5.56. The number of nitrogens with two attached hydrogens (primary N) is 1. The fourth-order valence-electron chi connectivity index (χ4n) is 2.55. The number of β-amino-alcohol motifs (C(OH)–C–C–N with tert-alkyl or cyclic N) is 1. The first-order chi connectivity index (χ1) is 8.83. The summed E-state index contributed by atoms with van der Waals surface area (Å²) >= 11 is 0. The van der Waals surface area contributed by atoms with Gasteiger partial charge in [-0.05, 0) is 18.9 Å². The molecule has 1 aliphatic heterocycles. The minimum Gasteiger partial charge on any atom is -0.480 e. The first-order valence-electron chi connectivity index (χ1n) is 6.36. The molecule has 0 radical (unpaired) electrons. The van der Waals surface area contributed by atoms with Crippen molar-refractivity contribution in [2.45, 2.75) is 24.5 Å². The third kappa shape index (κ3) is 2.94. The zero-order chi connectivity index (χ0) is 14.1. The topological polar surface area (TPSA) is 86.8 Å². The zero-order valence-electron chi connectivity index (χ0n) is 11.0. The molecule has 0 aliphatic carbocycles. The highest BCUT2D eigenvalue weighted by atomic mass is 16.4. The van der Waals surface area contributed by atoms with Crippen LogP contribution in [-0.4, -0.2) is 46.3 Å². The van der Waals surface area contributed by atoms with E-state index in [1.165, 1.54) is 0 Å². The average molecular weight is 264 g/mol. The summed E-state index contributed by atoms with van der Waals surface area (Å²) < 4.78 is 0. The Balaban J connectivity index is 2.05. The van der Waals surface area contributed by atoms with Crippen molar-refractivity contribution in [1.82, 2.24) is 4.90 Å². The van der Waals surface area contributed by atoms with Gasteiger partial charge < -0.3 is 15.9 Å². The smallest absolute Gasteiger partial charge is 0.325 e. The lowest BCUT2D eigenvalue weighted by molar-refractivity contribution is -0.142. The Morgan fingerprint density at radius 1 is 1.47 bits per heavy atom. The molecule has 4 N–H and O–H groups in total. The maximum absolute atomic E-state index is 11.1. The number of hydrogen-bond donors (Lipinski definition) is 3. The van der Waals surface area contributed by atoms with Gasteiger partial charge in [-0.1, -0.05) is 30.3 Å². The van der Waals surface area contributed by atoms with Crippen LogP contribution in [0.4, 0.5) is 0 Å². The van der Waals surface area contributed by atoms with Crippen molar-refractivity contribution in [3.8, 4) is 0 Å². The number of carboxylic acids is 1. The lowest BCUT2D eigenvalue weighted by atomic mass is 9.95. The number of benzene rings is 1. The van der Waals surface area contributed by atoms with Crippen molar-refractivity contribution in [3.63, 3.8) is 0 Å². The Morgan fingerprint density at radius 3 is 2.63 bits per heavy atom. The molecule has 19 heavy (non-hydrogen) atoms. The minimum absolute atomic E-state index is 0.269. The average Bonchev–Trinajstić information content (AvgIpc) is 2.73. The van der Waals surface area contributed by atoms with Gasteiger partial charge >= 0.3 is 5.97 Å². The van der Waals surface area contributed by atoms with E-state index in [0.29, 0.717) is 19.5 Å². The van der Waals surface area contributed by atoms with Crippen LogP contribution in [-0.2, 0) is 10.4 Å². The van der Waals surface area contributed by atoms with Gasteiger partial charge in [-0.25, -0.2) is 0 Å². The van der Waals surface area contributed by atoms with Crippen LogP contribution in [0.3, 0.4) is 0 Å². The van der Waals surface area contributed by atoms with E-state index in [-0.39, 0.29) is 6.54 Å². The molecule has 1 aromatic rings. The molecule has 2 unspecified atom stereocenters. The number of nitrogens with zero attached hydrogens (tertiary/aromatic N) is 1. The Hall–Kier alpha value is -1.43. The fourth-order valence-corrected chi connectivity index (χ4v) is 2.55. The Labute approximate surface area is 112 Å². The SMILES string of the molecule is CC(O)(CN1CCC(N)(C(=O)O)C1)c1ccccc1. The molecule has 0 aromatic heterocycles. The van der Waals surface area contributed by atoms with Gasteiger partial charge in [0.2, 0.25) is 0 Å². The summed E-state index contributed by atoms with van der Waals surface area (Å²) in [5.74, 6) is -0.977. The number of aliphatic hydroxyl groups is 1. The van der Waals surface area contributed by atoms with E-state index in [1.54, 1.807) is 6.92 Å². The summed E-state index contributed by atoms with van der Waals surface area (Å²) in [4.78, 5) is 13.0. The van der Waals surface area contributed by atoms with Crippen molar-refractivity contribution in [2.24, 2.45) is 5.73 Å². The predicted molar refractivity (Wildman–Crippen MR) is 71.6 cm³/mol. The third-order valence-electron chi connectivity index (χ3n) is 3.73. The molecular formula is C14H20N2O3. The van der Waals surface area contributed by atoms with Gasteiger partial charge in [0.05, 0.1) is 5.60 Å². The first-order valence-corrected chi connectivity index (χ1v) is 6.36. The van der Waals surface area contributed by atoms with Crippen LogP contribution in [0.5, 0.6) is 0 Å². The van der Waals surface area contributed by atoms with Crippen molar-refractivity contribution < 1.29 is 15.0 Å². The number of carboxylic acid groups (broad SMARTS) is 1. The molecule has 1 fully saturated rings. The van der Waals surface area contributed by atoms with Gasteiger partial charge in [0.1, 0.15) is 5.54 Å². The summed E-state index contributed by atoms with van der Waals surface area (Å²) in [7, 11) is 0. The molecule has 2 rings (SSSR count). The fraction of sp³-hybridized carbons (Fsp3) is 0.500. The van der Waals surface area contributed by atoms with E-state index in [4.69, 9.17) is 10.8 Å². The molecule has 0 amide bonds. The largest absolute Gasteiger partial charge is 0.480 e. The van der Waals surface area contributed by atoms with E-state index >= 15 is 0 Å². The molecule has 1 saturated heterocycles. The Morgan fingerprint density at radius 2 is 2.11 bits per heavy atom. The summed E-state index contributed by atoms with van der Waals surface area (Å²) in [5, 5.41) is 19.6. The monoisotopic (exact) mass is 264 g/mol. The quantitative estimate of drug-likeness (QED) is 0.732. The summed E-state index contributed by atoms with van der Waals surface area (Å²) in [6.45, 7) is 2.97. The lowest BCUT2D eigenvalue weighted by Gasteiger charge is -2.30. The molecule has 5 heteroatoms. The molecule has 104 valence electrons. The third-order valence-corrected chi connectivity index (χ3v) is 3.73. The van der Waals surface area contributed by atoms with E-state index in [9.17, 15) is 9.90 Å².